The number of ether oxygens (including phenoxy) is 1. The normalized spacial score (nSPS) is 10.2. The SMILES string of the molecule is Cc1cc(Cl)cc(C)c1Oc1ncc(C=O)cn1. The summed E-state index contributed by atoms with van der Waals surface area (Å²) >= 11 is 5.94. The quantitative estimate of drug-likeness (QED) is 0.796. The van der Waals surface area contributed by atoms with Gasteiger partial charge in [-0.05, 0) is 37.1 Å². The first kappa shape index (κ1) is 12.5. The molecule has 1 aromatic carbocycles. The monoisotopic (exact) mass is 262 g/mol. The lowest BCUT2D eigenvalue weighted by molar-refractivity contribution is 0.112. The highest BCUT2D eigenvalue weighted by molar-refractivity contribution is 6.30. The topological polar surface area (TPSA) is 52.1 Å². The van der Waals surface area contributed by atoms with Crippen LogP contribution in [0.5, 0.6) is 11.8 Å². The second kappa shape index (κ2) is 5.14. The molecule has 0 unspecified atom stereocenters. The zero-order valence-electron chi connectivity index (χ0n) is 9.98. The van der Waals surface area contributed by atoms with Crippen LogP contribution in [0, 0.1) is 13.8 Å². The lowest BCUT2D eigenvalue weighted by Gasteiger charge is -2.10. The van der Waals surface area contributed by atoms with Crippen molar-refractivity contribution in [3.63, 3.8) is 0 Å². The first-order chi connectivity index (χ1) is 8.60. The Balaban J connectivity index is 2.30. The third kappa shape index (κ3) is 2.65. The average molecular weight is 263 g/mol. The molecule has 0 aliphatic carbocycles. The number of carbonyl (C=O) groups excluding carboxylic acids is 1. The third-order valence-electron chi connectivity index (χ3n) is 2.40. The molecule has 92 valence electrons. The molecule has 0 atom stereocenters. The summed E-state index contributed by atoms with van der Waals surface area (Å²) in [5.74, 6) is 0.679. The highest BCUT2D eigenvalue weighted by Crippen LogP contribution is 2.29. The van der Waals surface area contributed by atoms with Gasteiger partial charge < -0.3 is 4.74 Å². The second-order valence-electron chi connectivity index (χ2n) is 3.89. The van der Waals surface area contributed by atoms with E-state index in [1.54, 1.807) is 0 Å². The number of aromatic nitrogens is 2. The molecule has 0 radical (unpaired) electrons. The highest BCUT2D eigenvalue weighted by atomic mass is 35.5. The summed E-state index contributed by atoms with van der Waals surface area (Å²) in [4.78, 5) is 18.4. The molecule has 1 aromatic heterocycles. The fourth-order valence-corrected chi connectivity index (χ4v) is 1.92. The number of nitrogens with zero attached hydrogens (tertiary/aromatic N) is 2. The fraction of sp³-hybridized carbons (Fsp3) is 0.154. The minimum atomic E-state index is 0.203. The summed E-state index contributed by atoms with van der Waals surface area (Å²) in [5.41, 5.74) is 2.22. The molecule has 2 rings (SSSR count). The lowest BCUT2D eigenvalue weighted by Crippen LogP contribution is -1.96. The number of aldehydes is 1. The molecule has 18 heavy (non-hydrogen) atoms. The summed E-state index contributed by atoms with van der Waals surface area (Å²) in [6, 6.07) is 3.82. The van der Waals surface area contributed by atoms with Gasteiger partial charge in [0.1, 0.15) is 5.75 Å². The smallest absolute Gasteiger partial charge is 0.321 e. The Morgan fingerprint density at radius 3 is 2.22 bits per heavy atom. The van der Waals surface area contributed by atoms with Gasteiger partial charge in [0.2, 0.25) is 0 Å². The number of aryl methyl sites for hydroxylation is 2. The number of carbonyl (C=O) groups is 1. The van der Waals surface area contributed by atoms with Crippen molar-refractivity contribution in [2.24, 2.45) is 0 Å². The molecule has 0 N–H and O–H groups in total. The van der Waals surface area contributed by atoms with Crippen molar-refractivity contribution in [1.82, 2.24) is 9.97 Å². The zero-order valence-corrected chi connectivity index (χ0v) is 10.7. The van der Waals surface area contributed by atoms with E-state index in [0.29, 0.717) is 22.6 Å². The van der Waals surface area contributed by atoms with Crippen molar-refractivity contribution in [1.29, 1.82) is 0 Å². The van der Waals surface area contributed by atoms with Gasteiger partial charge in [-0.15, -0.1) is 0 Å². The summed E-state index contributed by atoms with van der Waals surface area (Å²) in [6.07, 6.45) is 3.51. The summed E-state index contributed by atoms with van der Waals surface area (Å²) < 4.78 is 5.60. The Bertz CT molecular complexity index is 559. The number of rotatable bonds is 3. The van der Waals surface area contributed by atoms with Crippen molar-refractivity contribution < 1.29 is 9.53 Å². The van der Waals surface area contributed by atoms with E-state index in [9.17, 15) is 4.79 Å². The molecule has 0 saturated carbocycles. The van der Waals surface area contributed by atoms with Crippen molar-refractivity contribution in [2.45, 2.75) is 13.8 Å². The van der Waals surface area contributed by atoms with Gasteiger partial charge in [0.15, 0.2) is 6.29 Å². The first-order valence-corrected chi connectivity index (χ1v) is 5.70. The molecule has 0 aliphatic heterocycles. The number of halogens is 1. The molecular formula is C13H11ClN2O2. The van der Waals surface area contributed by atoms with Crippen LogP contribution in [0.1, 0.15) is 21.5 Å². The fourth-order valence-electron chi connectivity index (χ4n) is 1.59. The van der Waals surface area contributed by atoms with Crippen LogP contribution in [0.3, 0.4) is 0 Å². The molecule has 5 heteroatoms. The molecule has 0 saturated heterocycles. The Morgan fingerprint density at radius 1 is 1.17 bits per heavy atom. The van der Waals surface area contributed by atoms with Crippen molar-refractivity contribution in [3.05, 3.63) is 46.2 Å². The predicted octanol–water partition coefficient (Wildman–Crippen LogP) is 3.35. The molecule has 4 nitrogen and oxygen atoms in total. The van der Waals surface area contributed by atoms with Crippen LogP contribution >= 0.6 is 11.6 Å². The zero-order chi connectivity index (χ0) is 13.1. The minimum Gasteiger partial charge on any atom is -0.424 e. The van der Waals surface area contributed by atoms with Gasteiger partial charge in [-0.25, -0.2) is 9.97 Å². The van der Waals surface area contributed by atoms with E-state index < -0.39 is 0 Å². The Hall–Kier alpha value is -1.94. The van der Waals surface area contributed by atoms with E-state index in [2.05, 4.69) is 9.97 Å². The van der Waals surface area contributed by atoms with Crippen molar-refractivity contribution in [3.8, 4) is 11.8 Å². The van der Waals surface area contributed by atoms with Gasteiger partial charge in [-0.3, -0.25) is 4.79 Å². The molecule has 2 aromatic rings. The van der Waals surface area contributed by atoms with Crippen LogP contribution in [0.25, 0.3) is 0 Å². The van der Waals surface area contributed by atoms with E-state index in [1.807, 2.05) is 26.0 Å². The van der Waals surface area contributed by atoms with Crippen molar-refractivity contribution >= 4 is 17.9 Å². The molecule has 0 spiro atoms. The maximum absolute atomic E-state index is 10.5. The number of hydrogen-bond donors (Lipinski definition) is 0. The molecule has 0 amide bonds. The summed E-state index contributed by atoms with van der Waals surface area (Å²) in [7, 11) is 0. The van der Waals surface area contributed by atoms with E-state index in [-0.39, 0.29) is 6.01 Å². The Kier molecular flexibility index (Phi) is 3.58. The summed E-state index contributed by atoms with van der Waals surface area (Å²) in [5, 5.41) is 0.662. The average Bonchev–Trinajstić information content (AvgIpc) is 2.34. The van der Waals surface area contributed by atoms with Crippen LogP contribution in [-0.2, 0) is 0 Å². The largest absolute Gasteiger partial charge is 0.424 e. The Labute approximate surface area is 110 Å². The summed E-state index contributed by atoms with van der Waals surface area (Å²) in [6.45, 7) is 3.79. The van der Waals surface area contributed by atoms with Gasteiger partial charge in [0.25, 0.3) is 0 Å². The van der Waals surface area contributed by atoms with E-state index in [0.717, 1.165) is 11.1 Å². The Morgan fingerprint density at radius 2 is 1.72 bits per heavy atom. The maximum atomic E-state index is 10.5. The minimum absolute atomic E-state index is 0.203. The van der Waals surface area contributed by atoms with Gasteiger partial charge in [0.05, 0.1) is 5.56 Å². The highest BCUT2D eigenvalue weighted by Gasteiger charge is 2.08. The van der Waals surface area contributed by atoms with E-state index in [1.165, 1.54) is 12.4 Å². The first-order valence-electron chi connectivity index (χ1n) is 5.32. The van der Waals surface area contributed by atoms with Crippen LogP contribution in [-0.4, -0.2) is 16.3 Å². The molecular weight excluding hydrogens is 252 g/mol. The third-order valence-corrected chi connectivity index (χ3v) is 2.62. The number of benzene rings is 1. The van der Waals surface area contributed by atoms with Crippen LogP contribution in [0.4, 0.5) is 0 Å². The van der Waals surface area contributed by atoms with E-state index in [4.69, 9.17) is 16.3 Å². The van der Waals surface area contributed by atoms with Gasteiger partial charge >= 0.3 is 6.01 Å². The predicted molar refractivity (Wildman–Crippen MR) is 68.4 cm³/mol. The van der Waals surface area contributed by atoms with Crippen LogP contribution in [0.2, 0.25) is 5.02 Å². The lowest BCUT2D eigenvalue weighted by atomic mass is 10.1. The molecule has 0 aliphatic rings. The standard InChI is InChI=1S/C13H11ClN2O2/c1-8-3-11(14)4-9(2)12(8)18-13-15-5-10(7-17)6-16-13/h3-7H,1-2H3. The van der Waals surface area contributed by atoms with Crippen LogP contribution in [0.15, 0.2) is 24.5 Å². The van der Waals surface area contributed by atoms with Crippen molar-refractivity contribution in [2.75, 3.05) is 0 Å². The van der Waals surface area contributed by atoms with Gasteiger partial charge in [-0.2, -0.15) is 0 Å². The second-order valence-corrected chi connectivity index (χ2v) is 4.32. The molecule has 0 fully saturated rings. The maximum Gasteiger partial charge on any atom is 0.321 e. The van der Waals surface area contributed by atoms with Gasteiger partial charge in [-0.1, -0.05) is 11.6 Å². The number of hydrogen-bond acceptors (Lipinski definition) is 4. The van der Waals surface area contributed by atoms with Gasteiger partial charge in [0, 0.05) is 17.4 Å². The van der Waals surface area contributed by atoms with E-state index >= 15 is 0 Å². The molecule has 1 heterocycles. The molecule has 0 bridgehead atoms. The van der Waals surface area contributed by atoms with Crippen LogP contribution < -0.4 is 4.74 Å².